The lowest BCUT2D eigenvalue weighted by molar-refractivity contribution is -0.0612. The fraction of sp³-hybridized carbons (Fsp3) is 0.600. The lowest BCUT2D eigenvalue weighted by Gasteiger charge is -2.33. The molecule has 1 fully saturated rings. The second-order valence-electron chi connectivity index (χ2n) is 5.61. The topological polar surface area (TPSA) is 51.7 Å². The lowest BCUT2D eigenvalue weighted by Crippen LogP contribution is -2.45. The van der Waals surface area contributed by atoms with Gasteiger partial charge in [0.05, 0.1) is 12.2 Å². The van der Waals surface area contributed by atoms with Crippen LogP contribution in [0.25, 0.3) is 0 Å². The van der Waals surface area contributed by atoms with Gasteiger partial charge in [0.2, 0.25) is 5.95 Å². The van der Waals surface area contributed by atoms with Crippen LogP contribution in [0, 0.1) is 11.9 Å². The fourth-order valence-corrected chi connectivity index (χ4v) is 2.34. The second-order valence-corrected chi connectivity index (χ2v) is 5.61. The van der Waals surface area contributed by atoms with E-state index in [1.54, 1.807) is 0 Å². The highest BCUT2D eigenvalue weighted by Gasteiger charge is 2.22. The van der Waals surface area contributed by atoms with E-state index in [0.29, 0.717) is 12.5 Å². The van der Waals surface area contributed by atoms with Crippen LogP contribution in [0.2, 0.25) is 0 Å². The number of aromatic nitrogens is 1. The summed E-state index contributed by atoms with van der Waals surface area (Å²) < 4.78 is 23.7. The van der Waals surface area contributed by atoms with Gasteiger partial charge in [-0.15, -0.1) is 0 Å². The average Bonchev–Trinajstić information content (AvgIpc) is 2.44. The molecule has 0 radical (unpaired) electrons. The summed E-state index contributed by atoms with van der Waals surface area (Å²) in [6, 6.07) is 2.49. The van der Waals surface area contributed by atoms with E-state index in [1.807, 2.05) is 0 Å². The number of nitrogens with zero attached hydrogens (tertiary/aromatic N) is 2. The number of hydrogen-bond acceptors (Lipinski definition) is 5. The Kier molecular flexibility index (Phi) is 5.64. The van der Waals surface area contributed by atoms with Crippen LogP contribution >= 0.6 is 0 Å². The highest BCUT2D eigenvalue weighted by atomic mass is 19.1. The molecule has 1 saturated heterocycles. The van der Waals surface area contributed by atoms with Crippen molar-refractivity contribution < 1.29 is 18.7 Å². The zero-order valence-electron chi connectivity index (χ0n) is 12.4. The predicted molar refractivity (Wildman–Crippen MR) is 75.5 cm³/mol. The summed E-state index contributed by atoms with van der Waals surface area (Å²) in [7, 11) is 0. The summed E-state index contributed by atoms with van der Waals surface area (Å²) in [5, 5.41) is 0. The van der Waals surface area contributed by atoms with Crippen molar-refractivity contribution in [3.63, 3.8) is 0 Å². The van der Waals surface area contributed by atoms with Crippen LogP contribution in [0.4, 0.5) is 4.39 Å². The molecule has 2 heterocycles. The highest BCUT2D eigenvalue weighted by molar-refractivity contribution is 5.89. The van der Waals surface area contributed by atoms with Gasteiger partial charge in [0.15, 0.2) is 0 Å². The molecule has 21 heavy (non-hydrogen) atoms. The first-order valence-corrected chi connectivity index (χ1v) is 7.17. The average molecular weight is 296 g/mol. The van der Waals surface area contributed by atoms with Gasteiger partial charge in [-0.1, -0.05) is 13.8 Å². The van der Waals surface area contributed by atoms with Crippen LogP contribution in [-0.2, 0) is 9.47 Å². The number of morpholine rings is 1. The lowest BCUT2D eigenvalue weighted by atomic mass is 10.2. The van der Waals surface area contributed by atoms with Gasteiger partial charge >= 0.3 is 5.97 Å². The first kappa shape index (κ1) is 15.9. The maximum Gasteiger partial charge on any atom is 0.338 e. The third-order valence-electron chi connectivity index (χ3n) is 3.21. The van der Waals surface area contributed by atoms with Gasteiger partial charge in [0.1, 0.15) is 12.7 Å². The van der Waals surface area contributed by atoms with Crippen molar-refractivity contribution in [2.24, 2.45) is 5.92 Å². The molecule has 1 aliphatic heterocycles. The van der Waals surface area contributed by atoms with E-state index in [2.05, 4.69) is 23.7 Å². The third kappa shape index (κ3) is 5.06. The SMILES string of the molecule is CC(C)CN1CCOC(COC(=O)c2ccnc(F)c2)C1. The van der Waals surface area contributed by atoms with E-state index in [1.165, 1.54) is 12.3 Å². The van der Waals surface area contributed by atoms with Crippen LogP contribution in [0.5, 0.6) is 0 Å². The van der Waals surface area contributed by atoms with Crippen molar-refractivity contribution in [3.05, 3.63) is 29.8 Å². The van der Waals surface area contributed by atoms with Crippen molar-refractivity contribution in [1.82, 2.24) is 9.88 Å². The number of hydrogen-bond donors (Lipinski definition) is 0. The number of carbonyl (C=O) groups is 1. The maximum absolute atomic E-state index is 12.9. The first-order valence-electron chi connectivity index (χ1n) is 7.17. The minimum absolute atomic E-state index is 0.131. The number of rotatable bonds is 5. The number of halogens is 1. The molecule has 0 amide bonds. The minimum Gasteiger partial charge on any atom is -0.459 e. The Morgan fingerprint density at radius 3 is 3.14 bits per heavy atom. The Labute approximate surface area is 124 Å². The Morgan fingerprint density at radius 1 is 1.62 bits per heavy atom. The molecule has 0 spiro atoms. The maximum atomic E-state index is 12.9. The quantitative estimate of drug-likeness (QED) is 0.612. The van der Waals surface area contributed by atoms with Gasteiger partial charge in [-0.05, 0) is 12.0 Å². The molecular formula is C15H21FN2O3. The van der Waals surface area contributed by atoms with Gasteiger partial charge in [0, 0.05) is 31.9 Å². The summed E-state index contributed by atoms with van der Waals surface area (Å²) >= 11 is 0. The summed E-state index contributed by atoms with van der Waals surface area (Å²) in [6.45, 7) is 7.80. The van der Waals surface area contributed by atoms with Crippen LogP contribution in [0.3, 0.4) is 0 Å². The minimum atomic E-state index is -0.693. The van der Waals surface area contributed by atoms with Gasteiger partial charge < -0.3 is 9.47 Å². The van der Waals surface area contributed by atoms with Crippen molar-refractivity contribution in [1.29, 1.82) is 0 Å². The molecule has 2 rings (SSSR count). The van der Waals surface area contributed by atoms with Gasteiger partial charge in [-0.3, -0.25) is 4.90 Å². The van der Waals surface area contributed by atoms with Crippen molar-refractivity contribution in [2.75, 3.05) is 32.8 Å². The monoisotopic (exact) mass is 296 g/mol. The Bertz CT molecular complexity index is 482. The Morgan fingerprint density at radius 2 is 2.43 bits per heavy atom. The van der Waals surface area contributed by atoms with Gasteiger partial charge in [-0.2, -0.15) is 4.39 Å². The number of ether oxygens (including phenoxy) is 2. The van der Waals surface area contributed by atoms with Crippen molar-refractivity contribution >= 4 is 5.97 Å². The predicted octanol–water partition coefficient (Wildman–Crippen LogP) is 1.73. The van der Waals surface area contributed by atoms with Crippen LogP contribution in [-0.4, -0.2) is 54.8 Å². The molecule has 1 aromatic rings. The van der Waals surface area contributed by atoms with E-state index in [4.69, 9.17) is 9.47 Å². The first-order chi connectivity index (χ1) is 10.0. The van der Waals surface area contributed by atoms with E-state index in [-0.39, 0.29) is 18.3 Å². The van der Waals surface area contributed by atoms with E-state index < -0.39 is 11.9 Å². The highest BCUT2D eigenvalue weighted by Crippen LogP contribution is 2.10. The van der Waals surface area contributed by atoms with Crippen molar-refractivity contribution in [2.45, 2.75) is 20.0 Å². The molecule has 116 valence electrons. The Hall–Kier alpha value is -1.53. The number of carbonyl (C=O) groups excluding carboxylic acids is 1. The van der Waals surface area contributed by atoms with Crippen LogP contribution in [0.15, 0.2) is 18.3 Å². The molecule has 1 atom stereocenters. The fourth-order valence-electron chi connectivity index (χ4n) is 2.34. The molecule has 0 bridgehead atoms. The Balaban J connectivity index is 1.81. The van der Waals surface area contributed by atoms with Gasteiger partial charge in [0.25, 0.3) is 0 Å². The van der Waals surface area contributed by atoms with E-state index >= 15 is 0 Å². The van der Waals surface area contributed by atoms with Crippen LogP contribution in [0.1, 0.15) is 24.2 Å². The van der Waals surface area contributed by atoms with Crippen molar-refractivity contribution in [3.8, 4) is 0 Å². The zero-order valence-corrected chi connectivity index (χ0v) is 12.4. The summed E-state index contributed by atoms with van der Waals surface area (Å²) in [6.07, 6.45) is 1.11. The van der Waals surface area contributed by atoms with Crippen LogP contribution < -0.4 is 0 Å². The molecule has 0 saturated carbocycles. The summed E-state index contributed by atoms with van der Waals surface area (Å²) in [4.78, 5) is 17.5. The molecule has 1 aliphatic rings. The molecule has 1 unspecified atom stereocenters. The largest absolute Gasteiger partial charge is 0.459 e. The molecule has 0 aromatic carbocycles. The molecule has 6 heteroatoms. The molecule has 0 N–H and O–H groups in total. The van der Waals surface area contributed by atoms with E-state index in [0.717, 1.165) is 25.7 Å². The standard InChI is InChI=1S/C15H21FN2O3/c1-11(2)8-18-5-6-20-13(9-18)10-21-15(19)12-3-4-17-14(16)7-12/h3-4,7,11,13H,5-6,8-10H2,1-2H3. The smallest absolute Gasteiger partial charge is 0.338 e. The molecule has 5 nitrogen and oxygen atoms in total. The van der Waals surface area contributed by atoms with Gasteiger partial charge in [-0.25, -0.2) is 9.78 Å². The third-order valence-corrected chi connectivity index (χ3v) is 3.21. The van der Waals surface area contributed by atoms with E-state index in [9.17, 15) is 9.18 Å². The molecular weight excluding hydrogens is 275 g/mol. The number of esters is 1. The number of pyridine rings is 1. The molecule has 1 aromatic heterocycles. The second kappa shape index (κ2) is 7.47. The summed E-state index contributed by atoms with van der Waals surface area (Å²) in [5.41, 5.74) is 0.164. The normalized spacial score (nSPS) is 19.7. The molecule has 0 aliphatic carbocycles. The zero-order chi connectivity index (χ0) is 15.2. The summed E-state index contributed by atoms with van der Waals surface area (Å²) in [5.74, 6) is -0.659.